The quantitative estimate of drug-likeness (QED) is 0.786. The van der Waals surface area contributed by atoms with Crippen molar-refractivity contribution in [3.63, 3.8) is 0 Å². The van der Waals surface area contributed by atoms with E-state index in [-0.39, 0.29) is 5.78 Å². The van der Waals surface area contributed by atoms with Crippen LogP contribution in [0.2, 0.25) is 0 Å². The van der Waals surface area contributed by atoms with Gasteiger partial charge in [0.15, 0.2) is 5.78 Å². The molecule has 0 atom stereocenters. The molecule has 1 saturated heterocycles. The first-order chi connectivity index (χ1) is 10.6. The van der Waals surface area contributed by atoms with E-state index >= 15 is 0 Å². The van der Waals surface area contributed by atoms with Gasteiger partial charge in [-0.15, -0.1) is 0 Å². The number of carbonyl (C=O) groups excluding carboxylic acids is 1. The molecule has 0 saturated carbocycles. The van der Waals surface area contributed by atoms with Crippen LogP contribution in [0.3, 0.4) is 0 Å². The fourth-order valence-corrected chi connectivity index (χ4v) is 2.63. The molecular formula is C18H28N2O2. The van der Waals surface area contributed by atoms with Crippen LogP contribution in [0, 0.1) is 12.8 Å². The minimum absolute atomic E-state index is 0.228. The maximum atomic E-state index is 12.4. The lowest BCUT2D eigenvalue weighted by Crippen LogP contribution is -2.44. The molecule has 4 nitrogen and oxygen atoms in total. The average Bonchev–Trinajstić information content (AvgIpc) is 2.51. The van der Waals surface area contributed by atoms with E-state index in [1.807, 2.05) is 25.1 Å². The zero-order chi connectivity index (χ0) is 15.9. The zero-order valence-corrected chi connectivity index (χ0v) is 14.0. The Morgan fingerprint density at radius 3 is 2.68 bits per heavy atom. The summed E-state index contributed by atoms with van der Waals surface area (Å²) in [5, 5.41) is 3.33. The van der Waals surface area contributed by atoms with E-state index in [2.05, 4.69) is 24.1 Å². The van der Waals surface area contributed by atoms with Gasteiger partial charge in [-0.25, -0.2) is 0 Å². The Bertz CT molecular complexity index is 494. The third-order valence-corrected chi connectivity index (χ3v) is 3.95. The summed E-state index contributed by atoms with van der Waals surface area (Å²) in [7, 11) is 0. The molecule has 1 aromatic rings. The SMILES string of the molecule is Cc1cc(OCC(C)C)ccc1C(=O)CCN1CCNCC1. The number of nitrogens with zero attached hydrogens (tertiary/aromatic N) is 1. The van der Waals surface area contributed by atoms with Crippen LogP contribution < -0.4 is 10.1 Å². The largest absolute Gasteiger partial charge is 0.493 e. The van der Waals surface area contributed by atoms with Crippen LogP contribution in [0.25, 0.3) is 0 Å². The third kappa shape index (κ3) is 5.11. The van der Waals surface area contributed by atoms with Crippen LogP contribution >= 0.6 is 0 Å². The fraction of sp³-hybridized carbons (Fsp3) is 0.611. The van der Waals surface area contributed by atoms with Crippen molar-refractivity contribution in [2.75, 3.05) is 39.3 Å². The standard InChI is InChI=1S/C18H28N2O2/c1-14(2)13-22-16-4-5-17(15(3)12-16)18(21)6-9-20-10-7-19-8-11-20/h4-5,12,14,19H,6-11,13H2,1-3H3. The van der Waals surface area contributed by atoms with Crippen LogP contribution in [0.1, 0.15) is 36.2 Å². The Morgan fingerprint density at radius 2 is 2.05 bits per heavy atom. The van der Waals surface area contributed by atoms with Gasteiger partial charge >= 0.3 is 0 Å². The van der Waals surface area contributed by atoms with Crippen LogP contribution in [-0.4, -0.2) is 50.0 Å². The monoisotopic (exact) mass is 304 g/mol. The molecule has 1 heterocycles. The van der Waals surface area contributed by atoms with Gasteiger partial charge in [-0.3, -0.25) is 4.79 Å². The normalized spacial score (nSPS) is 16.0. The van der Waals surface area contributed by atoms with Crippen LogP contribution in [0.4, 0.5) is 0 Å². The van der Waals surface area contributed by atoms with Gasteiger partial charge in [0, 0.05) is 44.7 Å². The van der Waals surface area contributed by atoms with E-state index in [1.165, 1.54) is 0 Å². The second-order valence-electron chi connectivity index (χ2n) is 6.45. The maximum absolute atomic E-state index is 12.4. The number of piperazine rings is 1. The van der Waals surface area contributed by atoms with Gasteiger partial charge in [0.2, 0.25) is 0 Å². The molecule has 1 aliphatic heterocycles. The number of ketones is 1. The number of hydrogen-bond acceptors (Lipinski definition) is 4. The summed E-state index contributed by atoms with van der Waals surface area (Å²) in [6, 6.07) is 5.79. The first-order valence-electron chi connectivity index (χ1n) is 8.26. The number of aryl methyl sites for hydroxylation is 1. The molecule has 0 aliphatic carbocycles. The van der Waals surface area contributed by atoms with Crippen molar-refractivity contribution >= 4 is 5.78 Å². The number of benzene rings is 1. The Balaban J connectivity index is 1.88. The maximum Gasteiger partial charge on any atom is 0.164 e. The van der Waals surface area contributed by atoms with Gasteiger partial charge in [-0.2, -0.15) is 0 Å². The molecule has 1 aliphatic rings. The molecule has 0 bridgehead atoms. The highest BCUT2D eigenvalue weighted by molar-refractivity contribution is 5.97. The summed E-state index contributed by atoms with van der Waals surface area (Å²) in [4.78, 5) is 14.8. The van der Waals surface area contributed by atoms with Gasteiger partial charge in [-0.05, 0) is 36.6 Å². The van der Waals surface area contributed by atoms with Gasteiger partial charge in [0.05, 0.1) is 6.61 Å². The molecule has 0 spiro atoms. The summed E-state index contributed by atoms with van der Waals surface area (Å²) in [6.07, 6.45) is 0.590. The molecule has 2 rings (SSSR count). The number of carbonyl (C=O) groups is 1. The molecule has 0 unspecified atom stereocenters. The predicted octanol–water partition coefficient (Wildman–Crippen LogP) is 2.51. The van der Waals surface area contributed by atoms with Crippen LogP contribution in [-0.2, 0) is 0 Å². The molecule has 1 fully saturated rings. The first kappa shape index (κ1) is 17.0. The molecule has 0 amide bonds. The van der Waals surface area contributed by atoms with Crippen LogP contribution in [0.15, 0.2) is 18.2 Å². The van der Waals surface area contributed by atoms with Crippen molar-refractivity contribution in [1.29, 1.82) is 0 Å². The van der Waals surface area contributed by atoms with E-state index < -0.39 is 0 Å². The minimum Gasteiger partial charge on any atom is -0.493 e. The van der Waals surface area contributed by atoms with Crippen molar-refractivity contribution in [3.8, 4) is 5.75 Å². The minimum atomic E-state index is 0.228. The van der Waals surface area contributed by atoms with E-state index in [1.54, 1.807) is 0 Å². The molecule has 0 radical (unpaired) electrons. The molecule has 1 N–H and O–H groups in total. The van der Waals surface area contributed by atoms with Crippen molar-refractivity contribution in [3.05, 3.63) is 29.3 Å². The average molecular weight is 304 g/mol. The van der Waals surface area contributed by atoms with E-state index in [4.69, 9.17) is 4.74 Å². The predicted molar refractivity (Wildman–Crippen MR) is 89.8 cm³/mol. The highest BCUT2D eigenvalue weighted by Crippen LogP contribution is 2.19. The highest BCUT2D eigenvalue weighted by atomic mass is 16.5. The van der Waals surface area contributed by atoms with Crippen molar-refractivity contribution in [2.24, 2.45) is 5.92 Å². The molecule has 1 aromatic carbocycles. The van der Waals surface area contributed by atoms with Crippen molar-refractivity contribution < 1.29 is 9.53 Å². The van der Waals surface area contributed by atoms with E-state index in [0.717, 1.165) is 49.6 Å². The summed E-state index contributed by atoms with van der Waals surface area (Å²) in [6.45, 7) is 11.9. The van der Waals surface area contributed by atoms with Gasteiger partial charge < -0.3 is 15.0 Å². The second-order valence-corrected chi connectivity index (χ2v) is 6.45. The van der Waals surface area contributed by atoms with Gasteiger partial charge in [0.25, 0.3) is 0 Å². The van der Waals surface area contributed by atoms with E-state index in [0.29, 0.717) is 18.9 Å². The van der Waals surface area contributed by atoms with Gasteiger partial charge in [-0.1, -0.05) is 13.8 Å². The molecule has 4 heteroatoms. The molecule has 122 valence electrons. The van der Waals surface area contributed by atoms with E-state index in [9.17, 15) is 4.79 Å². The topological polar surface area (TPSA) is 41.6 Å². The summed E-state index contributed by atoms with van der Waals surface area (Å²) in [5.41, 5.74) is 1.83. The smallest absolute Gasteiger partial charge is 0.164 e. The fourth-order valence-electron chi connectivity index (χ4n) is 2.63. The lowest BCUT2D eigenvalue weighted by molar-refractivity contribution is 0.0960. The Labute approximate surface area is 133 Å². The molecule has 0 aromatic heterocycles. The van der Waals surface area contributed by atoms with Crippen molar-refractivity contribution in [1.82, 2.24) is 10.2 Å². The Hall–Kier alpha value is -1.39. The number of hydrogen-bond donors (Lipinski definition) is 1. The number of nitrogens with one attached hydrogen (secondary N) is 1. The molecular weight excluding hydrogens is 276 g/mol. The number of Topliss-reactive ketones (excluding diaryl/α,β-unsaturated/α-hetero) is 1. The van der Waals surface area contributed by atoms with Crippen LogP contribution in [0.5, 0.6) is 5.75 Å². The Morgan fingerprint density at radius 1 is 1.32 bits per heavy atom. The van der Waals surface area contributed by atoms with Crippen molar-refractivity contribution in [2.45, 2.75) is 27.2 Å². The summed E-state index contributed by atoms with van der Waals surface area (Å²) in [5.74, 6) is 1.58. The lowest BCUT2D eigenvalue weighted by atomic mass is 10.0. The highest BCUT2D eigenvalue weighted by Gasteiger charge is 2.14. The van der Waals surface area contributed by atoms with Gasteiger partial charge in [0.1, 0.15) is 5.75 Å². The number of ether oxygens (including phenoxy) is 1. The first-order valence-corrected chi connectivity index (χ1v) is 8.26. The number of rotatable bonds is 7. The third-order valence-electron chi connectivity index (χ3n) is 3.95. The Kier molecular flexibility index (Phi) is 6.40. The second kappa shape index (κ2) is 8.30. The lowest BCUT2D eigenvalue weighted by Gasteiger charge is -2.26. The summed E-state index contributed by atoms with van der Waals surface area (Å²) < 4.78 is 5.71. The summed E-state index contributed by atoms with van der Waals surface area (Å²) >= 11 is 0. The molecule has 22 heavy (non-hydrogen) atoms. The zero-order valence-electron chi connectivity index (χ0n) is 14.0.